The summed E-state index contributed by atoms with van der Waals surface area (Å²) in [5.41, 5.74) is 5.72. The molecule has 1 unspecified atom stereocenters. The Morgan fingerprint density at radius 2 is 2.41 bits per heavy atom. The number of hydrogen-bond donors (Lipinski definition) is 3. The fraction of sp³-hybridized carbons (Fsp3) is 0.500. The molecule has 4 N–H and O–H groups in total. The van der Waals surface area contributed by atoms with Crippen LogP contribution in [-0.4, -0.2) is 29.4 Å². The lowest BCUT2D eigenvalue weighted by Gasteiger charge is -2.13. The average molecular weight is 254 g/mol. The molecule has 1 saturated heterocycles. The predicted molar refractivity (Wildman–Crippen MR) is 64.6 cm³/mol. The highest BCUT2D eigenvalue weighted by atomic mass is 32.1. The lowest BCUT2D eigenvalue weighted by Crippen LogP contribution is -2.45. The fourth-order valence-corrected chi connectivity index (χ4v) is 2.24. The lowest BCUT2D eigenvalue weighted by atomic mass is 10.1. The van der Waals surface area contributed by atoms with Crippen LogP contribution in [0.2, 0.25) is 0 Å². The molecular formula is C10H14N4O2S. The molecule has 1 aliphatic rings. The van der Waals surface area contributed by atoms with Gasteiger partial charge in [0.05, 0.1) is 0 Å². The average Bonchev–Trinajstić information content (AvgIpc) is 2.63. The summed E-state index contributed by atoms with van der Waals surface area (Å²) in [5, 5.41) is 7.37. The number of nitrogens with zero attached hydrogens (tertiary/aromatic N) is 1. The van der Waals surface area contributed by atoms with E-state index >= 15 is 0 Å². The third-order valence-electron chi connectivity index (χ3n) is 2.60. The summed E-state index contributed by atoms with van der Waals surface area (Å²) in [7, 11) is 0. The second-order valence-electron chi connectivity index (χ2n) is 3.88. The molecule has 0 saturated carbocycles. The van der Waals surface area contributed by atoms with Gasteiger partial charge in [-0.3, -0.25) is 9.59 Å². The first kappa shape index (κ1) is 11.8. The van der Waals surface area contributed by atoms with Crippen LogP contribution >= 0.6 is 11.3 Å². The largest absolute Gasteiger partial charge is 0.375 e. The van der Waals surface area contributed by atoms with Crippen LogP contribution in [0.5, 0.6) is 0 Å². The summed E-state index contributed by atoms with van der Waals surface area (Å²) in [4.78, 5) is 27.3. The van der Waals surface area contributed by atoms with Crippen molar-refractivity contribution in [2.24, 2.45) is 0 Å². The number of hydrogen-bond acceptors (Lipinski definition) is 5. The van der Waals surface area contributed by atoms with Crippen LogP contribution in [0.15, 0.2) is 5.38 Å². The summed E-state index contributed by atoms with van der Waals surface area (Å²) in [5.74, 6) is -0.473. The molecule has 0 aliphatic carbocycles. The quantitative estimate of drug-likeness (QED) is 0.698. The Labute approximate surface area is 103 Å². The molecule has 7 heteroatoms. The second-order valence-corrected chi connectivity index (χ2v) is 4.77. The number of carbonyl (C=O) groups excluding carboxylic acids is 2. The van der Waals surface area contributed by atoms with Crippen molar-refractivity contribution in [3.05, 3.63) is 11.1 Å². The number of aromatic nitrogens is 1. The molecule has 1 fully saturated rings. The zero-order valence-electron chi connectivity index (χ0n) is 9.23. The van der Waals surface area contributed by atoms with Crippen LogP contribution in [0.25, 0.3) is 0 Å². The van der Waals surface area contributed by atoms with Crippen molar-refractivity contribution < 1.29 is 9.59 Å². The number of nitrogens with two attached hydrogens (primary N) is 1. The maximum absolute atomic E-state index is 11.8. The predicted octanol–water partition coefficient (Wildman–Crippen LogP) is 0.124. The molecule has 1 atom stereocenters. The van der Waals surface area contributed by atoms with Gasteiger partial charge in [0.25, 0.3) is 5.91 Å². The molecule has 2 heterocycles. The topological polar surface area (TPSA) is 97.1 Å². The lowest BCUT2D eigenvalue weighted by molar-refractivity contribution is -0.122. The van der Waals surface area contributed by atoms with Crippen LogP contribution < -0.4 is 16.4 Å². The minimum absolute atomic E-state index is 0.126. The van der Waals surface area contributed by atoms with E-state index in [4.69, 9.17) is 5.73 Å². The molecule has 2 amide bonds. The number of thiazole rings is 1. The summed E-state index contributed by atoms with van der Waals surface area (Å²) >= 11 is 1.20. The minimum atomic E-state index is -0.465. The van der Waals surface area contributed by atoms with Gasteiger partial charge in [0, 0.05) is 11.9 Å². The van der Waals surface area contributed by atoms with Crippen LogP contribution in [0.3, 0.4) is 0 Å². The van der Waals surface area contributed by atoms with Crippen molar-refractivity contribution in [2.75, 3.05) is 12.3 Å². The van der Waals surface area contributed by atoms with Crippen LogP contribution in [-0.2, 0) is 4.79 Å². The summed E-state index contributed by atoms with van der Waals surface area (Å²) in [6.07, 6.45) is 2.53. The standard InChI is InChI=1S/C10H14N4O2S/c11-10-14-7(5-17-10)9(16)13-6-3-1-2-4-12-8(6)15/h5-6H,1-4H2,(H2,11,14)(H,12,15)(H,13,16). The maximum atomic E-state index is 11.8. The Hall–Kier alpha value is -1.63. The number of rotatable bonds is 2. The second kappa shape index (κ2) is 5.13. The number of carbonyl (C=O) groups is 2. The van der Waals surface area contributed by atoms with Gasteiger partial charge in [-0.05, 0) is 19.3 Å². The number of nitrogens with one attached hydrogen (secondary N) is 2. The molecule has 0 aromatic carbocycles. The number of anilines is 1. The van der Waals surface area contributed by atoms with E-state index in [2.05, 4.69) is 15.6 Å². The van der Waals surface area contributed by atoms with E-state index in [1.54, 1.807) is 5.38 Å². The van der Waals surface area contributed by atoms with Crippen molar-refractivity contribution in [1.82, 2.24) is 15.6 Å². The zero-order valence-corrected chi connectivity index (χ0v) is 10.0. The van der Waals surface area contributed by atoms with Gasteiger partial charge >= 0.3 is 0 Å². The third-order valence-corrected chi connectivity index (χ3v) is 3.27. The first-order valence-corrected chi connectivity index (χ1v) is 6.34. The van der Waals surface area contributed by atoms with Crippen molar-refractivity contribution in [1.29, 1.82) is 0 Å². The smallest absolute Gasteiger partial charge is 0.271 e. The van der Waals surface area contributed by atoms with E-state index in [1.165, 1.54) is 11.3 Å². The van der Waals surface area contributed by atoms with Gasteiger partial charge in [0.2, 0.25) is 5.91 Å². The molecule has 1 aromatic heterocycles. The molecule has 2 rings (SSSR count). The Balaban J connectivity index is 1.99. The van der Waals surface area contributed by atoms with Crippen LogP contribution in [0.4, 0.5) is 5.13 Å². The van der Waals surface area contributed by atoms with E-state index in [0.717, 1.165) is 12.8 Å². The molecule has 0 spiro atoms. The Morgan fingerprint density at radius 1 is 1.59 bits per heavy atom. The molecule has 17 heavy (non-hydrogen) atoms. The summed E-state index contributed by atoms with van der Waals surface area (Å²) < 4.78 is 0. The summed E-state index contributed by atoms with van der Waals surface area (Å²) in [6, 6.07) is -0.465. The summed E-state index contributed by atoms with van der Waals surface area (Å²) in [6.45, 7) is 0.675. The van der Waals surface area contributed by atoms with E-state index in [0.29, 0.717) is 18.1 Å². The molecule has 6 nitrogen and oxygen atoms in total. The van der Waals surface area contributed by atoms with Gasteiger partial charge in [-0.25, -0.2) is 4.98 Å². The number of nitrogen functional groups attached to an aromatic ring is 1. The number of amides is 2. The van der Waals surface area contributed by atoms with Crippen LogP contribution in [0, 0.1) is 0 Å². The van der Waals surface area contributed by atoms with Crippen molar-refractivity contribution in [3.8, 4) is 0 Å². The van der Waals surface area contributed by atoms with Crippen LogP contribution in [0.1, 0.15) is 29.8 Å². The van der Waals surface area contributed by atoms with Gasteiger partial charge in [-0.1, -0.05) is 0 Å². The monoisotopic (exact) mass is 254 g/mol. The molecule has 1 aromatic rings. The van der Waals surface area contributed by atoms with E-state index < -0.39 is 6.04 Å². The maximum Gasteiger partial charge on any atom is 0.271 e. The zero-order chi connectivity index (χ0) is 12.3. The molecule has 92 valence electrons. The van der Waals surface area contributed by atoms with Crippen molar-refractivity contribution in [3.63, 3.8) is 0 Å². The van der Waals surface area contributed by atoms with E-state index in [1.807, 2.05) is 0 Å². The minimum Gasteiger partial charge on any atom is -0.375 e. The highest BCUT2D eigenvalue weighted by Crippen LogP contribution is 2.12. The SMILES string of the molecule is Nc1nc(C(=O)NC2CCCCNC2=O)cs1. The fourth-order valence-electron chi connectivity index (χ4n) is 1.70. The highest BCUT2D eigenvalue weighted by Gasteiger charge is 2.23. The highest BCUT2D eigenvalue weighted by molar-refractivity contribution is 7.13. The Bertz CT molecular complexity index is 432. The van der Waals surface area contributed by atoms with Gasteiger partial charge < -0.3 is 16.4 Å². The van der Waals surface area contributed by atoms with E-state index in [9.17, 15) is 9.59 Å². The molecule has 0 radical (unpaired) electrons. The first-order chi connectivity index (χ1) is 8.16. The van der Waals surface area contributed by atoms with Gasteiger partial charge in [-0.2, -0.15) is 0 Å². The molecule has 0 bridgehead atoms. The first-order valence-electron chi connectivity index (χ1n) is 5.46. The van der Waals surface area contributed by atoms with E-state index in [-0.39, 0.29) is 17.5 Å². The molecule has 1 aliphatic heterocycles. The molecular weight excluding hydrogens is 240 g/mol. The Morgan fingerprint density at radius 3 is 3.12 bits per heavy atom. The van der Waals surface area contributed by atoms with Crippen molar-refractivity contribution in [2.45, 2.75) is 25.3 Å². The van der Waals surface area contributed by atoms with Gasteiger partial charge in [-0.15, -0.1) is 11.3 Å². The van der Waals surface area contributed by atoms with Gasteiger partial charge in [0.15, 0.2) is 5.13 Å². The van der Waals surface area contributed by atoms with Crippen molar-refractivity contribution >= 4 is 28.3 Å². The normalized spacial score (nSPS) is 20.5. The van der Waals surface area contributed by atoms with Gasteiger partial charge in [0.1, 0.15) is 11.7 Å². The Kier molecular flexibility index (Phi) is 3.58. The third kappa shape index (κ3) is 2.94.